The van der Waals surface area contributed by atoms with Crippen LogP contribution in [0.3, 0.4) is 0 Å². The molecule has 0 bridgehead atoms. The zero-order valence-electron chi connectivity index (χ0n) is 9.51. The highest BCUT2D eigenvalue weighted by Gasteiger charge is 2.39. The van der Waals surface area contributed by atoms with Gasteiger partial charge >= 0.3 is 0 Å². The fraction of sp³-hybridized carbons (Fsp3) is 0.909. The molecule has 1 aliphatic carbocycles. The third-order valence-corrected chi connectivity index (χ3v) is 3.35. The number of alkyl halides is 1. The molecule has 1 aliphatic rings. The molecule has 4 heteroatoms. The van der Waals surface area contributed by atoms with Gasteiger partial charge in [-0.1, -0.05) is 0 Å². The van der Waals surface area contributed by atoms with Crippen LogP contribution in [0.15, 0.2) is 0 Å². The van der Waals surface area contributed by atoms with Gasteiger partial charge in [0.05, 0.1) is 12.0 Å². The van der Waals surface area contributed by atoms with E-state index >= 15 is 0 Å². The first-order valence-corrected chi connectivity index (χ1v) is 6.06. The Morgan fingerprint density at radius 3 is 2.67 bits per heavy atom. The van der Waals surface area contributed by atoms with Gasteiger partial charge in [0.2, 0.25) is 5.91 Å². The molecule has 1 atom stereocenters. The van der Waals surface area contributed by atoms with Gasteiger partial charge in [0.25, 0.3) is 0 Å². The second-order valence-electron chi connectivity index (χ2n) is 4.36. The molecule has 0 aromatic heterocycles. The first-order chi connectivity index (χ1) is 7.12. The summed E-state index contributed by atoms with van der Waals surface area (Å²) in [6.45, 7) is 1.97. The zero-order valence-corrected chi connectivity index (χ0v) is 10.3. The Labute approximate surface area is 96.5 Å². The fourth-order valence-electron chi connectivity index (χ4n) is 1.88. The summed E-state index contributed by atoms with van der Waals surface area (Å²) in [5, 5.41) is 2.94. The second kappa shape index (κ2) is 5.71. The molecular weight excluding hydrogens is 214 g/mol. The molecule has 0 saturated heterocycles. The van der Waals surface area contributed by atoms with Crippen LogP contribution in [0.5, 0.6) is 0 Å². The molecule has 1 rings (SSSR count). The molecule has 0 aromatic carbocycles. The van der Waals surface area contributed by atoms with Crippen LogP contribution in [-0.4, -0.2) is 30.5 Å². The molecule has 0 radical (unpaired) electrons. The van der Waals surface area contributed by atoms with Crippen molar-refractivity contribution in [1.82, 2.24) is 5.32 Å². The Morgan fingerprint density at radius 2 is 2.27 bits per heavy atom. The minimum atomic E-state index is -0.176. The largest absolute Gasteiger partial charge is 0.378 e. The van der Waals surface area contributed by atoms with Crippen molar-refractivity contribution in [3.05, 3.63) is 0 Å². The van der Waals surface area contributed by atoms with Crippen molar-refractivity contribution in [2.75, 3.05) is 13.0 Å². The van der Waals surface area contributed by atoms with Crippen molar-refractivity contribution >= 4 is 17.5 Å². The lowest BCUT2D eigenvalue weighted by Crippen LogP contribution is -2.45. The summed E-state index contributed by atoms with van der Waals surface area (Å²) in [5.41, 5.74) is -0.176. The van der Waals surface area contributed by atoms with Gasteiger partial charge in [-0.15, -0.1) is 11.6 Å². The molecule has 0 heterocycles. The molecule has 1 saturated carbocycles. The lowest BCUT2D eigenvalue weighted by atomic mass is 9.77. The van der Waals surface area contributed by atoms with Gasteiger partial charge in [0, 0.05) is 19.0 Å². The summed E-state index contributed by atoms with van der Waals surface area (Å²) in [4.78, 5) is 11.7. The number of hydrogen-bond donors (Lipinski definition) is 1. The molecule has 88 valence electrons. The summed E-state index contributed by atoms with van der Waals surface area (Å²) in [7, 11) is 1.69. The topological polar surface area (TPSA) is 38.3 Å². The van der Waals surface area contributed by atoms with E-state index < -0.39 is 0 Å². The van der Waals surface area contributed by atoms with Crippen LogP contribution in [0, 0.1) is 0 Å². The third kappa shape index (κ3) is 3.65. The molecule has 0 aromatic rings. The minimum Gasteiger partial charge on any atom is -0.378 e. The van der Waals surface area contributed by atoms with Crippen LogP contribution < -0.4 is 5.32 Å². The van der Waals surface area contributed by atoms with Gasteiger partial charge in [-0.3, -0.25) is 4.79 Å². The SMILES string of the molecule is COC1(CC(=O)NC(C)CCCl)CCC1. The van der Waals surface area contributed by atoms with Gasteiger partial charge in [-0.05, 0) is 32.6 Å². The molecule has 15 heavy (non-hydrogen) atoms. The number of methoxy groups -OCH3 is 1. The van der Waals surface area contributed by atoms with E-state index in [4.69, 9.17) is 16.3 Å². The maximum absolute atomic E-state index is 11.7. The number of amides is 1. The smallest absolute Gasteiger partial charge is 0.223 e. The average Bonchev–Trinajstić information content (AvgIpc) is 2.11. The standard InChI is InChI=1S/C11H20ClNO2/c1-9(4-7-12)13-10(14)8-11(15-2)5-3-6-11/h9H,3-8H2,1-2H3,(H,13,14). The van der Waals surface area contributed by atoms with E-state index in [-0.39, 0.29) is 17.6 Å². The maximum Gasteiger partial charge on any atom is 0.223 e. The number of hydrogen-bond acceptors (Lipinski definition) is 2. The summed E-state index contributed by atoms with van der Waals surface area (Å²) in [5.74, 6) is 0.658. The van der Waals surface area contributed by atoms with Gasteiger partial charge in [0.15, 0.2) is 0 Å². The van der Waals surface area contributed by atoms with Crippen LogP contribution in [0.4, 0.5) is 0 Å². The third-order valence-electron chi connectivity index (χ3n) is 3.13. The van der Waals surface area contributed by atoms with Gasteiger partial charge in [-0.25, -0.2) is 0 Å². The molecule has 0 aliphatic heterocycles. The van der Waals surface area contributed by atoms with Crippen LogP contribution >= 0.6 is 11.6 Å². The highest BCUT2D eigenvalue weighted by Crippen LogP contribution is 2.37. The summed E-state index contributed by atoms with van der Waals surface area (Å²) in [6, 6.07) is 0.156. The summed E-state index contributed by atoms with van der Waals surface area (Å²) >= 11 is 5.60. The highest BCUT2D eigenvalue weighted by molar-refractivity contribution is 6.17. The van der Waals surface area contributed by atoms with Crippen molar-refractivity contribution in [3.63, 3.8) is 0 Å². The quantitative estimate of drug-likeness (QED) is 0.714. The molecule has 1 amide bonds. The number of carbonyl (C=O) groups excluding carboxylic acids is 1. The first-order valence-electron chi connectivity index (χ1n) is 5.52. The maximum atomic E-state index is 11.7. The zero-order chi connectivity index (χ0) is 11.3. The molecule has 1 unspecified atom stereocenters. The van der Waals surface area contributed by atoms with Crippen LogP contribution in [0.2, 0.25) is 0 Å². The molecule has 3 nitrogen and oxygen atoms in total. The second-order valence-corrected chi connectivity index (χ2v) is 4.74. The predicted octanol–water partition coefficient (Wildman–Crippen LogP) is 2.08. The van der Waals surface area contributed by atoms with Crippen LogP contribution in [-0.2, 0) is 9.53 Å². The van der Waals surface area contributed by atoms with E-state index in [2.05, 4.69) is 5.32 Å². The summed E-state index contributed by atoms with van der Waals surface area (Å²) in [6.07, 6.45) is 4.46. The molecular formula is C11H20ClNO2. The number of halogens is 1. The Kier molecular flexibility index (Phi) is 4.87. The normalized spacial score (nSPS) is 20.5. The van der Waals surface area contributed by atoms with Crippen molar-refractivity contribution in [2.45, 2.75) is 50.7 Å². The lowest BCUT2D eigenvalue weighted by molar-refractivity contribution is -0.134. The van der Waals surface area contributed by atoms with E-state index in [0.29, 0.717) is 12.3 Å². The minimum absolute atomic E-state index is 0.0779. The van der Waals surface area contributed by atoms with E-state index in [0.717, 1.165) is 19.3 Å². The number of ether oxygens (including phenoxy) is 1. The Hall–Kier alpha value is -0.280. The van der Waals surface area contributed by atoms with Gasteiger partial charge in [-0.2, -0.15) is 0 Å². The number of carbonyl (C=O) groups is 1. The van der Waals surface area contributed by atoms with Crippen molar-refractivity contribution in [3.8, 4) is 0 Å². The fourth-order valence-corrected chi connectivity index (χ4v) is 2.21. The first kappa shape index (κ1) is 12.8. The lowest BCUT2D eigenvalue weighted by Gasteiger charge is -2.40. The molecule has 0 spiro atoms. The number of nitrogens with one attached hydrogen (secondary N) is 1. The van der Waals surface area contributed by atoms with Gasteiger partial charge < -0.3 is 10.1 Å². The molecule has 1 N–H and O–H groups in total. The van der Waals surface area contributed by atoms with E-state index in [1.807, 2.05) is 6.92 Å². The molecule has 1 fully saturated rings. The average molecular weight is 234 g/mol. The summed E-state index contributed by atoms with van der Waals surface area (Å²) < 4.78 is 5.40. The van der Waals surface area contributed by atoms with Crippen molar-refractivity contribution < 1.29 is 9.53 Å². The van der Waals surface area contributed by atoms with Crippen LogP contribution in [0.1, 0.15) is 39.0 Å². The van der Waals surface area contributed by atoms with Crippen molar-refractivity contribution in [1.29, 1.82) is 0 Å². The Bertz CT molecular complexity index is 211. The number of rotatable bonds is 6. The van der Waals surface area contributed by atoms with E-state index in [9.17, 15) is 4.79 Å². The predicted molar refractivity (Wildman–Crippen MR) is 61.1 cm³/mol. The van der Waals surface area contributed by atoms with E-state index in [1.54, 1.807) is 7.11 Å². The van der Waals surface area contributed by atoms with Gasteiger partial charge in [0.1, 0.15) is 0 Å². The monoisotopic (exact) mass is 233 g/mol. The van der Waals surface area contributed by atoms with E-state index in [1.165, 1.54) is 6.42 Å². The van der Waals surface area contributed by atoms with Crippen LogP contribution in [0.25, 0.3) is 0 Å². The Balaban J connectivity index is 2.28. The van der Waals surface area contributed by atoms with Crippen molar-refractivity contribution in [2.24, 2.45) is 0 Å². The Morgan fingerprint density at radius 1 is 1.60 bits per heavy atom. The highest BCUT2D eigenvalue weighted by atomic mass is 35.5.